The lowest BCUT2D eigenvalue weighted by Crippen LogP contribution is -2.29. The standard InChI is InChI=1S/C16H23N3O/c1-10(2)20-13-7-5-6-12-14(13)18-15(17)19(12)16(3,4)11-8-9-11/h5-7,10-11H,8-9H2,1-4H3,(H2,17,18). The van der Waals surface area contributed by atoms with Gasteiger partial charge < -0.3 is 15.0 Å². The third-order valence-corrected chi connectivity index (χ3v) is 4.19. The summed E-state index contributed by atoms with van der Waals surface area (Å²) in [6.07, 6.45) is 2.67. The van der Waals surface area contributed by atoms with Crippen LogP contribution in [-0.2, 0) is 5.54 Å². The number of aromatic nitrogens is 2. The number of ether oxygens (including phenoxy) is 1. The number of hydrogen-bond acceptors (Lipinski definition) is 3. The van der Waals surface area contributed by atoms with Gasteiger partial charge in [-0.1, -0.05) is 6.07 Å². The molecule has 0 aliphatic heterocycles. The zero-order valence-corrected chi connectivity index (χ0v) is 12.7. The van der Waals surface area contributed by atoms with E-state index in [1.165, 1.54) is 12.8 Å². The maximum absolute atomic E-state index is 6.20. The van der Waals surface area contributed by atoms with E-state index in [4.69, 9.17) is 10.5 Å². The van der Waals surface area contributed by atoms with Crippen LogP contribution in [0.4, 0.5) is 5.95 Å². The van der Waals surface area contributed by atoms with Crippen molar-refractivity contribution < 1.29 is 4.74 Å². The van der Waals surface area contributed by atoms with Crippen LogP contribution >= 0.6 is 0 Å². The van der Waals surface area contributed by atoms with Crippen LogP contribution < -0.4 is 10.5 Å². The Morgan fingerprint density at radius 3 is 2.65 bits per heavy atom. The van der Waals surface area contributed by atoms with Crippen LogP contribution in [0.3, 0.4) is 0 Å². The topological polar surface area (TPSA) is 53.1 Å². The number of nitrogens with zero attached hydrogens (tertiary/aromatic N) is 2. The number of imidazole rings is 1. The number of benzene rings is 1. The lowest BCUT2D eigenvalue weighted by atomic mass is 9.98. The van der Waals surface area contributed by atoms with Gasteiger partial charge in [-0.05, 0) is 58.6 Å². The zero-order chi connectivity index (χ0) is 14.5. The molecule has 1 aromatic carbocycles. The molecule has 0 saturated heterocycles. The highest BCUT2D eigenvalue weighted by Crippen LogP contribution is 2.46. The van der Waals surface area contributed by atoms with Crippen molar-refractivity contribution in [3.05, 3.63) is 18.2 Å². The monoisotopic (exact) mass is 273 g/mol. The molecule has 1 fully saturated rings. The summed E-state index contributed by atoms with van der Waals surface area (Å²) in [6.45, 7) is 8.54. The summed E-state index contributed by atoms with van der Waals surface area (Å²) in [6, 6.07) is 6.06. The first-order valence-corrected chi connectivity index (χ1v) is 7.35. The minimum atomic E-state index is 0.00921. The lowest BCUT2D eigenvalue weighted by molar-refractivity contribution is 0.245. The van der Waals surface area contributed by atoms with E-state index in [2.05, 4.69) is 29.5 Å². The molecular weight excluding hydrogens is 250 g/mol. The van der Waals surface area contributed by atoms with Crippen molar-refractivity contribution in [2.75, 3.05) is 5.73 Å². The lowest BCUT2D eigenvalue weighted by Gasteiger charge is -2.28. The number of nitrogens with two attached hydrogens (primary N) is 1. The minimum Gasteiger partial charge on any atom is -0.489 e. The highest BCUT2D eigenvalue weighted by Gasteiger charge is 2.41. The van der Waals surface area contributed by atoms with Gasteiger partial charge in [0.15, 0.2) is 0 Å². The zero-order valence-electron chi connectivity index (χ0n) is 12.7. The second-order valence-corrected chi connectivity index (χ2v) is 6.52. The Hall–Kier alpha value is -1.71. The maximum Gasteiger partial charge on any atom is 0.201 e. The molecule has 4 nitrogen and oxygen atoms in total. The summed E-state index contributed by atoms with van der Waals surface area (Å²) < 4.78 is 8.03. The Morgan fingerprint density at radius 1 is 1.35 bits per heavy atom. The molecule has 20 heavy (non-hydrogen) atoms. The SMILES string of the molecule is CC(C)Oc1cccc2c1nc(N)n2C(C)(C)C1CC1. The van der Waals surface area contributed by atoms with E-state index in [0.29, 0.717) is 11.9 Å². The van der Waals surface area contributed by atoms with Crippen molar-refractivity contribution in [3.8, 4) is 5.75 Å². The maximum atomic E-state index is 6.20. The molecule has 2 N–H and O–H groups in total. The van der Waals surface area contributed by atoms with Crippen LogP contribution in [0.2, 0.25) is 0 Å². The van der Waals surface area contributed by atoms with Crippen molar-refractivity contribution in [1.29, 1.82) is 0 Å². The molecule has 0 amide bonds. The molecule has 1 heterocycles. The van der Waals surface area contributed by atoms with E-state index in [9.17, 15) is 0 Å². The van der Waals surface area contributed by atoms with Gasteiger partial charge in [-0.15, -0.1) is 0 Å². The van der Waals surface area contributed by atoms with Crippen LogP contribution in [-0.4, -0.2) is 15.7 Å². The van der Waals surface area contributed by atoms with E-state index < -0.39 is 0 Å². The van der Waals surface area contributed by atoms with Crippen molar-refractivity contribution in [3.63, 3.8) is 0 Å². The molecule has 0 atom stereocenters. The second-order valence-electron chi connectivity index (χ2n) is 6.52. The predicted molar refractivity (Wildman–Crippen MR) is 82.0 cm³/mol. The van der Waals surface area contributed by atoms with Gasteiger partial charge >= 0.3 is 0 Å². The molecule has 1 aliphatic carbocycles. The number of fused-ring (bicyclic) bond motifs is 1. The summed E-state index contributed by atoms with van der Waals surface area (Å²) in [4.78, 5) is 4.56. The van der Waals surface area contributed by atoms with Gasteiger partial charge in [-0.25, -0.2) is 4.98 Å². The molecule has 1 aromatic heterocycles. The van der Waals surface area contributed by atoms with Crippen molar-refractivity contribution in [2.45, 2.75) is 52.2 Å². The van der Waals surface area contributed by atoms with Crippen LogP contribution in [0.15, 0.2) is 18.2 Å². The van der Waals surface area contributed by atoms with Crippen molar-refractivity contribution in [1.82, 2.24) is 9.55 Å². The average molecular weight is 273 g/mol. The van der Waals surface area contributed by atoms with Gasteiger partial charge in [-0.3, -0.25) is 0 Å². The summed E-state index contributed by atoms with van der Waals surface area (Å²) in [5.74, 6) is 2.09. The third kappa shape index (κ3) is 2.03. The molecule has 0 unspecified atom stereocenters. The van der Waals surface area contributed by atoms with E-state index >= 15 is 0 Å². The summed E-state index contributed by atoms with van der Waals surface area (Å²) in [5, 5.41) is 0. The highest BCUT2D eigenvalue weighted by molar-refractivity contribution is 5.84. The molecule has 0 spiro atoms. The number of rotatable bonds is 4. The van der Waals surface area contributed by atoms with Crippen molar-refractivity contribution in [2.24, 2.45) is 5.92 Å². The molecule has 4 heteroatoms. The molecule has 2 aromatic rings. The van der Waals surface area contributed by atoms with Gasteiger partial charge in [0.1, 0.15) is 11.3 Å². The largest absolute Gasteiger partial charge is 0.489 e. The summed E-state index contributed by atoms with van der Waals surface area (Å²) in [5.41, 5.74) is 8.15. The number of hydrogen-bond donors (Lipinski definition) is 1. The second kappa shape index (κ2) is 4.40. The molecular formula is C16H23N3O. The van der Waals surface area contributed by atoms with E-state index in [-0.39, 0.29) is 11.6 Å². The fourth-order valence-electron chi connectivity index (χ4n) is 3.02. The molecule has 3 rings (SSSR count). The fraction of sp³-hybridized carbons (Fsp3) is 0.562. The van der Waals surface area contributed by atoms with Crippen LogP contribution in [0.5, 0.6) is 5.75 Å². The number of anilines is 1. The first-order valence-electron chi connectivity index (χ1n) is 7.35. The molecule has 1 saturated carbocycles. The van der Waals surface area contributed by atoms with E-state index in [1.807, 2.05) is 26.0 Å². The van der Waals surface area contributed by atoms with Gasteiger partial charge in [0.05, 0.1) is 11.6 Å². The Bertz CT molecular complexity index is 638. The normalized spacial score (nSPS) is 16.1. The first-order chi connectivity index (χ1) is 9.41. The minimum absolute atomic E-state index is 0.00921. The number of nitrogen functional groups attached to an aromatic ring is 1. The van der Waals surface area contributed by atoms with Gasteiger partial charge in [0.25, 0.3) is 0 Å². The Morgan fingerprint density at radius 2 is 2.05 bits per heavy atom. The predicted octanol–water partition coefficient (Wildman–Crippen LogP) is 3.55. The van der Waals surface area contributed by atoms with Gasteiger partial charge in [-0.2, -0.15) is 0 Å². The van der Waals surface area contributed by atoms with Crippen LogP contribution in [0.1, 0.15) is 40.5 Å². The smallest absolute Gasteiger partial charge is 0.201 e. The average Bonchev–Trinajstić information content (AvgIpc) is 3.12. The Kier molecular flexibility index (Phi) is 2.92. The molecule has 108 valence electrons. The van der Waals surface area contributed by atoms with Gasteiger partial charge in [0.2, 0.25) is 5.95 Å². The molecule has 0 radical (unpaired) electrons. The fourth-order valence-corrected chi connectivity index (χ4v) is 3.02. The molecule has 0 bridgehead atoms. The summed E-state index contributed by atoms with van der Waals surface area (Å²) in [7, 11) is 0. The first kappa shape index (κ1) is 13.3. The van der Waals surface area contributed by atoms with E-state index in [1.54, 1.807) is 0 Å². The highest BCUT2D eigenvalue weighted by atomic mass is 16.5. The van der Waals surface area contributed by atoms with Crippen LogP contribution in [0.25, 0.3) is 11.0 Å². The number of para-hydroxylation sites is 1. The molecule has 1 aliphatic rings. The van der Waals surface area contributed by atoms with Crippen molar-refractivity contribution >= 4 is 17.0 Å². The van der Waals surface area contributed by atoms with E-state index in [0.717, 1.165) is 16.8 Å². The Labute approximate surface area is 119 Å². The third-order valence-electron chi connectivity index (χ3n) is 4.19. The quantitative estimate of drug-likeness (QED) is 0.926. The Balaban J connectivity index is 2.16. The summed E-state index contributed by atoms with van der Waals surface area (Å²) >= 11 is 0. The van der Waals surface area contributed by atoms with Crippen LogP contribution in [0, 0.1) is 5.92 Å². The van der Waals surface area contributed by atoms with Gasteiger partial charge in [0, 0.05) is 5.54 Å².